The summed E-state index contributed by atoms with van der Waals surface area (Å²) in [5.41, 5.74) is 0.0811. The summed E-state index contributed by atoms with van der Waals surface area (Å²) in [4.78, 5) is 0. The zero-order chi connectivity index (χ0) is 13.1. The fourth-order valence-electron chi connectivity index (χ4n) is 1.51. The minimum atomic E-state index is -4.31. The first-order valence-electron chi connectivity index (χ1n) is 5.32. The van der Waals surface area contributed by atoms with Crippen LogP contribution in [0.1, 0.15) is 16.7 Å². The number of benzene rings is 1. The van der Waals surface area contributed by atoms with E-state index in [1.165, 1.54) is 13.0 Å². The molecule has 0 heterocycles. The topological polar surface area (TPSA) is 21.3 Å². The van der Waals surface area contributed by atoms with Crippen molar-refractivity contribution < 1.29 is 17.9 Å². The van der Waals surface area contributed by atoms with Crippen LogP contribution >= 0.6 is 0 Å². The van der Waals surface area contributed by atoms with Crippen molar-refractivity contribution in [1.29, 1.82) is 0 Å². The molecule has 0 unspecified atom stereocenters. The molecule has 0 aliphatic carbocycles. The number of rotatable bonds is 4. The van der Waals surface area contributed by atoms with Gasteiger partial charge < -0.3 is 10.1 Å². The maximum absolute atomic E-state index is 12.6. The Bertz CT molecular complexity index is 388. The maximum atomic E-state index is 12.6. The van der Waals surface area contributed by atoms with Crippen molar-refractivity contribution in [2.45, 2.75) is 20.0 Å². The summed E-state index contributed by atoms with van der Waals surface area (Å²) in [5, 5.41) is 2.90. The SMILES string of the molecule is CNCCOc1cc(C)c(C(F)(F)F)cc1C. The smallest absolute Gasteiger partial charge is 0.416 e. The van der Waals surface area contributed by atoms with Crippen LogP contribution < -0.4 is 10.1 Å². The van der Waals surface area contributed by atoms with Crippen LogP contribution in [0, 0.1) is 13.8 Å². The largest absolute Gasteiger partial charge is 0.492 e. The fourth-order valence-corrected chi connectivity index (χ4v) is 1.51. The summed E-state index contributed by atoms with van der Waals surface area (Å²) in [6.45, 7) is 4.14. The lowest BCUT2D eigenvalue weighted by molar-refractivity contribution is -0.138. The molecule has 0 aromatic heterocycles. The first-order valence-corrected chi connectivity index (χ1v) is 5.32. The highest BCUT2D eigenvalue weighted by molar-refractivity contribution is 5.42. The second-order valence-corrected chi connectivity index (χ2v) is 3.88. The van der Waals surface area contributed by atoms with Crippen molar-refractivity contribution in [2.75, 3.05) is 20.2 Å². The van der Waals surface area contributed by atoms with Crippen LogP contribution in [0.4, 0.5) is 13.2 Å². The number of nitrogens with one attached hydrogen (secondary N) is 1. The van der Waals surface area contributed by atoms with Crippen molar-refractivity contribution in [3.63, 3.8) is 0 Å². The molecule has 0 bridgehead atoms. The van der Waals surface area contributed by atoms with E-state index in [1.807, 2.05) is 0 Å². The molecule has 17 heavy (non-hydrogen) atoms. The third-order valence-electron chi connectivity index (χ3n) is 2.44. The molecule has 1 aromatic carbocycles. The van der Waals surface area contributed by atoms with Gasteiger partial charge in [-0.05, 0) is 44.2 Å². The van der Waals surface area contributed by atoms with E-state index in [-0.39, 0.29) is 5.56 Å². The van der Waals surface area contributed by atoms with Crippen LogP contribution in [0.3, 0.4) is 0 Å². The highest BCUT2D eigenvalue weighted by Gasteiger charge is 2.32. The summed E-state index contributed by atoms with van der Waals surface area (Å²) in [6, 6.07) is 2.57. The van der Waals surface area contributed by atoms with Crippen LogP contribution in [0.25, 0.3) is 0 Å². The quantitative estimate of drug-likeness (QED) is 0.826. The number of likely N-dealkylation sites (N-methyl/N-ethyl adjacent to an activating group) is 1. The second kappa shape index (κ2) is 5.40. The molecule has 96 valence electrons. The van der Waals surface area contributed by atoms with Gasteiger partial charge in [0.2, 0.25) is 0 Å². The van der Waals surface area contributed by atoms with Gasteiger partial charge in [0.15, 0.2) is 0 Å². The van der Waals surface area contributed by atoms with E-state index >= 15 is 0 Å². The molecular formula is C12H16F3NO. The number of hydrogen-bond acceptors (Lipinski definition) is 2. The van der Waals surface area contributed by atoms with E-state index in [9.17, 15) is 13.2 Å². The average molecular weight is 247 g/mol. The molecule has 0 aliphatic rings. The minimum Gasteiger partial charge on any atom is -0.492 e. The molecule has 1 N–H and O–H groups in total. The molecular weight excluding hydrogens is 231 g/mol. The molecule has 0 atom stereocenters. The highest BCUT2D eigenvalue weighted by atomic mass is 19.4. The van der Waals surface area contributed by atoms with Gasteiger partial charge in [-0.25, -0.2) is 0 Å². The first-order chi connectivity index (χ1) is 7.86. The Morgan fingerprint density at radius 3 is 2.35 bits per heavy atom. The maximum Gasteiger partial charge on any atom is 0.416 e. The summed E-state index contributed by atoms with van der Waals surface area (Å²) in [6.07, 6.45) is -4.31. The van der Waals surface area contributed by atoms with Gasteiger partial charge in [0.1, 0.15) is 12.4 Å². The third-order valence-corrected chi connectivity index (χ3v) is 2.44. The lowest BCUT2D eigenvalue weighted by Crippen LogP contribution is -2.16. The molecule has 0 amide bonds. The molecule has 5 heteroatoms. The van der Waals surface area contributed by atoms with Crippen molar-refractivity contribution >= 4 is 0 Å². The molecule has 2 nitrogen and oxygen atoms in total. The predicted molar refractivity (Wildman–Crippen MR) is 60.3 cm³/mol. The van der Waals surface area contributed by atoms with Gasteiger partial charge in [0.25, 0.3) is 0 Å². The van der Waals surface area contributed by atoms with Crippen molar-refractivity contribution in [2.24, 2.45) is 0 Å². The van der Waals surface area contributed by atoms with Gasteiger partial charge in [-0.15, -0.1) is 0 Å². The Balaban J connectivity index is 2.94. The van der Waals surface area contributed by atoms with Crippen LogP contribution in [-0.4, -0.2) is 20.2 Å². The Morgan fingerprint density at radius 1 is 1.18 bits per heavy atom. The number of hydrogen-bond donors (Lipinski definition) is 1. The van der Waals surface area contributed by atoms with Crippen LogP contribution in [0.2, 0.25) is 0 Å². The van der Waals surface area contributed by atoms with Gasteiger partial charge in [-0.2, -0.15) is 13.2 Å². The van der Waals surface area contributed by atoms with E-state index in [4.69, 9.17) is 4.74 Å². The average Bonchev–Trinajstić information content (AvgIpc) is 2.21. The number of ether oxygens (including phenoxy) is 1. The molecule has 1 aromatic rings. The lowest BCUT2D eigenvalue weighted by atomic mass is 10.0. The number of halogens is 3. The van der Waals surface area contributed by atoms with Gasteiger partial charge in [0, 0.05) is 6.54 Å². The predicted octanol–water partition coefficient (Wildman–Crippen LogP) is 2.92. The third kappa shape index (κ3) is 3.63. The number of aryl methyl sites for hydroxylation is 2. The second-order valence-electron chi connectivity index (χ2n) is 3.88. The molecule has 0 spiro atoms. The highest BCUT2D eigenvalue weighted by Crippen LogP contribution is 2.35. The first kappa shape index (κ1) is 13.8. The molecule has 0 radical (unpaired) electrons. The fraction of sp³-hybridized carbons (Fsp3) is 0.500. The van der Waals surface area contributed by atoms with E-state index in [0.29, 0.717) is 24.5 Å². The van der Waals surface area contributed by atoms with Crippen LogP contribution in [0.5, 0.6) is 5.75 Å². The molecule has 0 saturated carbocycles. The zero-order valence-corrected chi connectivity index (χ0v) is 10.1. The van der Waals surface area contributed by atoms with Gasteiger partial charge in [0.05, 0.1) is 5.56 Å². The number of alkyl halides is 3. The van der Waals surface area contributed by atoms with Crippen LogP contribution in [0.15, 0.2) is 12.1 Å². The summed E-state index contributed by atoms with van der Waals surface area (Å²) in [7, 11) is 1.79. The standard InChI is InChI=1S/C12H16F3NO/c1-8-7-11(17-5-4-16-3)9(2)6-10(8)12(13,14)15/h6-7,16H,4-5H2,1-3H3. The summed E-state index contributed by atoms with van der Waals surface area (Å²) >= 11 is 0. The molecule has 0 fully saturated rings. The van der Waals surface area contributed by atoms with E-state index in [2.05, 4.69) is 5.32 Å². The van der Waals surface area contributed by atoms with Crippen molar-refractivity contribution in [3.05, 3.63) is 28.8 Å². The summed E-state index contributed by atoms with van der Waals surface area (Å²) in [5.74, 6) is 0.505. The lowest BCUT2D eigenvalue weighted by Gasteiger charge is -2.15. The van der Waals surface area contributed by atoms with Crippen LogP contribution in [-0.2, 0) is 6.18 Å². The Morgan fingerprint density at radius 2 is 1.82 bits per heavy atom. The van der Waals surface area contributed by atoms with E-state index in [1.54, 1.807) is 14.0 Å². The van der Waals surface area contributed by atoms with Gasteiger partial charge in [-0.1, -0.05) is 0 Å². The van der Waals surface area contributed by atoms with E-state index < -0.39 is 11.7 Å². The monoisotopic (exact) mass is 247 g/mol. The minimum absolute atomic E-state index is 0.183. The Kier molecular flexibility index (Phi) is 4.40. The summed E-state index contributed by atoms with van der Waals surface area (Å²) < 4.78 is 43.2. The van der Waals surface area contributed by atoms with Crippen molar-refractivity contribution in [1.82, 2.24) is 5.32 Å². The molecule has 1 rings (SSSR count). The molecule has 0 aliphatic heterocycles. The zero-order valence-electron chi connectivity index (χ0n) is 10.1. The normalized spacial score (nSPS) is 11.6. The Labute approximate surface area is 98.8 Å². The van der Waals surface area contributed by atoms with Gasteiger partial charge >= 0.3 is 6.18 Å². The van der Waals surface area contributed by atoms with Gasteiger partial charge in [-0.3, -0.25) is 0 Å². The van der Waals surface area contributed by atoms with E-state index in [0.717, 1.165) is 6.07 Å². The Hall–Kier alpha value is -1.23. The van der Waals surface area contributed by atoms with Crippen molar-refractivity contribution in [3.8, 4) is 5.75 Å². The molecule has 0 saturated heterocycles.